The standard InChI is InChI=1S/C21H31N5O/c1-3-22-21(23-10-12-27-17-18-7-5-4-6-8-18)26-11-9-19(16-26)13-20-14-24-25(2)15-20/h4-8,14-15,19H,3,9-13,16-17H2,1-2H3,(H,22,23). The monoisotopic (exact) mass is 369 g/mol. The zero-order chi connectivity index (χ0) is 18.9. The molecule has 1 fully saturated rings. The molecule has 1 saturated heterocycles. The SMILES string of the molecule is CCNC(=NCCOCc1ccccc1)N1CCC(Cc2cnn(C)c2)C1. The number of hydrogen-bond donors (Lipinski definition) is 1. The molecule has 0 bridgehead atoms. The van der Waals surface area contributed by atoms with Gasteiger partial charge in [-0.1, -0.05) is 30.3 Å². The van der Waals surface area contributed by atoms with Crippen LogP contribution in [-0.2, 0) is 24.8 Å². The number of aliphatic imine (C=N–C) groups is 1. The van der Waals surface area contributed by atoms with Crippen molar-refractivity contribution in [2.45, 2.75) is 26.4 Å². The van der Waals surface area contributed by atoms with E-state index in [1.807, 2.05) is 36.1 Å². The first kappa shape index (κ1) is 19.4. The summed E-state index contributed by atoms with van der Waals surface area (Å²) in [6.45, 7) is 7.06. The number of nitrogens with one attached hydrogen (secondary N) is 1. The average Bonchev–Trinajstić information content (AvgIpc) is 3.31. The molecule has 0 spiro atoms. The van der Waals surface area contributed by atoms with Gasteiger partial charge in [0.1, 0.15) is 0 Å². The molecule has 1 aliphatic heterocycles. The normalized spacial score (nSPS) is 17.5. The summed E-state index contributed by atoms with van der Waals surface area (Å²) in [6.07, 6.45) is 6.38. The predicted molar refractivity (Wildman–Crippen MR) is 109 cm³/mol. The molecule has 2 heterocycles. The summed E-state index contributed by atoms with van der Waals surface area (Å²) in [6, 6.07) is 10.3. The van der Waals surface area contributed by atoms with E-state index in [-0.39, 0.29) is 0 Å². The highest BCUT2D eigenvalue weighted by atomic mass is 16.5. The van der Waals surface area contributed by atoms with Crippen LogP contribution in [0.4, 0.5) is 0 Å². The summed E-state index contributed by atoms with van der Waals surface area (Å²) >= 11 is 0. The van der Waals surface area contributed by atoms with E-state index in [4.69, 9.17) is 9.73 Å². The van der Waals surface area contributed by atoms with Crippen molar-refractivity contribution in [2.24, 2.45) is 18.0 Å². The number of rotatable bonds is 8. The maximum absolute atomic E-state index is 5.75. The van der Waals surface area contributed by atoms with Gasteiger partial charge in [0.25, 0.3) is 0 Å². The van der Waals surface area contributed by atoms with Gasteiger partial charge in [-0.3, -0.25) is 9.67 Å². The minimum Gasteiger partial charge on any atom is -0.375 e. The Bertz CT molecular complexity index is 712. The van der Waals surface area contributed by atoms with Crippen LogP contribution >= 0.6 is 0 Å². The fourth-order valence-corrected chi connectivity index (χ4v) is 3.51. The van der Waals surface area contributed by atoms with Gasteiger partial charge in [-0.25, -0.2) is 0 Å². The second-order valence-corrected chi connectivity index (χ2v) is 7.10. The highest BCUT2D eigenvalue weighted by Crippen LogP contribution is 2.20. The van der Waals surface area contributed by atoms with Gasteiger partial charge >= 0.3 is 0 Å². The number of likely N-dealkylation sites (tertiary alicyclic amines) is 1. The number of hydrogen-bond acceptors (Lipinski definition) is 3. The summed E-state index contributed by atoms with van der Waals surface area (Å²) in [5, 5.41) is 7.70. The highest BCUT2D eigenvalue weighted by molar-refractivity contribution is 5.80. The number of ether oxygens (including phenoxy) is 1. The molecule has 1 aliphatic rings. The van der Waals surface area contributed by atoms with Gasteiger partial charge in [0.15, 0.2) is 5.96 Å². The minimum atomic E-state index is 0.636. The molecule has 6 nitrogen and oxygen atoms in total. The lowest BCUT2D eigenvalue weighted by Gasteiger charge is -2.21. The molecular formula is C21H31N5O. The maximum Gasteiger partial charge on any atom is 0.194 e. The van der Waals surface area contributed by atoms with Crippen molar-refractivity contribution in [3.8, 4) is 0 Å². The predicted octanol–water partition coefficient (Wildman–Crippen LogP) is 2.47. The average molecular weight is 370 g/mol. The van der Waals surface area contributed by atoms with Gasteiger partial charge in [0.2, 0.25) is 0 Å². The van der Waals surface area contributed by atoms with Crippen molar-refractivity contribution in [2.75, 3.05) is 32.8 Å². The summed E-state index contributed by atoms with van der Waals surface area (Å²) in [5.41, 5.74) is 2.52. The number of aromatic nitrogens is 2. The Morgan fingerprint density at radius 2 is 2.15 bits per heavy atom. The second kappa shape index (κ2) is 10.1. The van der Waals surface area contributed by atoms with E-state index in [1.54, 1.807) is 0 Å². The summed E-state index contributed by atoms with van der Waals surface area (Å²) in [4.78, 5) is 7.14. The lowest BCUT2D eigenvalue weighted by molar-refractivity contribution is 0.128. The Morgan fingerprint density at radius 3 is 2.89 bits per heavy atom. The largest absolute Gasteiger partial charge is 0.375 e. The summed E-state index contributed by atoms with van der Waals surface area (Å²) < 4.78 is 7.63. The second-order valence-electron chi connectivity index (χ2n) is 7.10. The topological polar surface area (TPSA) is 54.7 Å². The Hall–Kier alpha value is -2.34. The van der Waals surface area contributed by atoms with Crippen LogP contribution < -0.4 is 5.32 Å². The molecule has 0 amide bonds. The third kappa shape index (κ3) is 6.10. The lowest BCUT2D eigenvalue weighted by atomic mass is 10.0. The molecule has 1 aromatic heterocycles. The molecule has 0 saturated carbocycles. The molecule has 0 radical (unpaired) electrons. The lowest BCUT2D eigenvalue weighted by Crippen LogP contribution is -2.40. The van der Waals surface area contributed by atoms with Gasteiger partial charge in [0, 0.05) is 32.9 Å². The first-order chi connectivity index (χ1) is 13.2. The molecule has 146 valence electrons. The molecule has 27 heavy (non-hydrogen) atoms. The third-order valence-corrected chi connectivity index (χ3v) is 4.81. The van der Waals surface area contributed by atoms with Crippen LogP contribution in [0.3, 0.4) is 0 Å². The Labute approximate surface area is 162 Å². The molecule has 1 atom stereocenters. The fourth-order valence-electron chi connectivity index (χ4n) is 3.51. The van der Waals surface area contributed by atoms with E-state index in [9.17, 15) is 0 Å². The smallest absolute Gasteiger partial charge is 0.194 e. The zero-order valence-electron chi connectivity index (χ0n) is 16.5. The van der Waals surface area contributed by atoms with E-state index in [2.05, 4.69) is 40.6 Å². The van der Waals surface area contributed by atoms with Gasteiger partial charge < -0.3 is 15.0 Å². The number of aryl methyl sites for hydroxylation is 1. The molecular weight excluding hydrogens is 338 g/mol. The molecule has 1 N–H and O–H groups in total. The summed E-state index contributed by atoms with van der Waals surface area (Å²) in [5.74, 6) is 1.67. The molecule has 6 heteroatoms. The van der Waals surface area contributed by atoms with E-state index in [0.717, 1.165) is 32.0 Å². The summed E-state index contributed by atoms with van der Waals surface area (Å²) in [7, 11) is 1.97. The highest BCUT2D eigenvalue weighted by Gasteiger charge is 2.25. The third-order valence-electron chi connectivity index (χ3n) is 4.81. The fraction of sp³-hybridized carbons (Fsp3) is 0.524. The Morgan fingerprint density at radius 1 is 1.30 bits per heavy atom. The molecule has 2 aromatic rings. The number of nitrogens with zero attached hydrogens (tertiary/aromatic N) is 4. The van der Waals surface area contributed by atoms with Crippen LogP contribution in [-0.4, -0.2) is 53.4 Å². The van der Waals surface area contributed by atoms with Crippen molar-refractivity contribution in [1.82, 2.24) is 20.0 Å². The van der Waals surface area contributed by atoms with Crippen molar-refractivity contribution in [3.63, 3.8) is 0 Å². The zero-order valence-corrected chi connectivity index (χ0v) is 16.5. The van der Waals surface area contributed by atoms with Gasteiger partial charge in [-0.05, 0) is 36.8 Å². The molecule has 1 unspecified atom stereocenters. The van der Waals surface area contributed by atoms with Crippen LogP contribution in [0, 0.1) is 5.92 Å². The van der Waals surface area contributed by atoms with Crippen molar-refractivity contribution in [1.29, 1.82) is 0 Å². The number of guanidine groups is 1. The quantitative estimate of drug-likeness (QED) is 0.441. The first-order valence-electron chi connectivity index (χ1n) is 9.87. The maximum atomic E-state index is 5.75. The Kier molecular flexibility index (Phi) is 7.27. The first-order valence-corrected chi connectivity index (χ1v) is 9.87. The van der Waals surface area contributed by atoms with Crippen molar-refractivity contribution < 1.29 is 4.74 Å². The van der Waals surface area contributed by atoms with E-state index in [0.29, 0.717) is 25.7 Å². The van der Waals surface area contributed by atoms with Crippen LogP contribution in [0.15, 0.2) is 47.7 Å². The van der Waals surface area contributed by atoms with Gasteiger partial charge in [-0.2, -0.15) is 5.10 Å². The minimum absolute atomic E-state index is 0.636. The molecule has 0 aliphatic carbocycles. The van der Waals surface area contributed by atoms with Crippen LogP contribution in [0.2, 0.25) is 0 Å². The van der Waals surface area contributed by atoms with E-state index < -0.39 is 0 Å². The van der Waals surface area contributed by atoms with Crippen molar-refractivity contribution in [3.05, 3.63) is 53.9 Å². The van der Waals surface area contributed by atoms with Crippen LogP contribution in [0.25, 0.3) is 0 Å². The van der Waals surface area contributed by atoms with E-state index in [1.165, 1.54) is 17.5 Å². The van der Waals surface area contributed by atoms with Gasteiger partial charge in [0.05, 0.1) is 26.0 Å². The van der Waals surface area contributed by atoms with Gasteiger partial charge in [-0.15, -0.1) is 0 Å². The number of benzene rings is 1. The Balaban J connectivity index is 1.44. The van der Waals surface area contributed by atoms with E-state index >= 15 is 0 Å². The van der Waals surface area contributed by atoms with Crippen LogP contribution in [0.1, 0.15) is 24.5 Å². The van der Waals surface area contributed by atoms with Crippen molar-refractivity contribution >= 4 is 5.96 Å². The molecule has 3 rings (SSSR count). The van der Waals surface area contributed by atoms with Crippen LogP contribution in [0.5, 0.6) is 0 Å². The molecule has 1 aromatic carbocycles.